The van der Waals surface area contributed by atoms with Crippen LogP contribution in [0.15, 0.2) is 0 Å². The van der Waals surface area contributed by atoms with Crippen molar-refractivity contribution in [3.63, 3.8) is 0 Å². The summed E-state index contributed by atoms with van der Waals surface area (Å²) in [6, 6.07) is 0. The molecule has 0 radical (unpaired) electrons. The Morgan fingerprint density at radius 1 is 1.60 bits per heavy atom. The zero-order valence-corrected chi connectivity index (χ0v) is 6.80. The predicted molar refractivity (Wildman–Crippen MR) is 40.0 cm³/mol. The van der Waals surface area contributed by atoms with Gasteiger partial charge in [-0.05, 0) is 12.3 Å². The standard InChI is InChI=1S/C8H16O2/c1-7(2)5-10-8-3-4-9-6-8/h7-8H,3-6H2,1-2H3/t8-/m1/s1. The van der Waals surface area contributed by atoms with Crippen molar-refractivity contribution in [1.82, 2.24) is 0 Å². The number of hydrogen-bond donors (Lipinski definition) is 0. The third kappa shape index (κ3) is 2.67. The molecule has 0 bridgehead atoms. The summed E-state index contributed by atoms with van der Waals surface area (Å²) in [5.74, 6) is 0.639. The van der Waals surface area contributed by atoms with Gasteiger partial charge >= 0.3 is 0 Å². The van der Waals surface area contributed by atoms with Crippen molar-refractivity contribution < 1.29 is 9.47 Å². The first-order valence-corrected chi connectivity index (χ1v) is 3.98. The first-order chi connectivity index (χ1) is 4.79. The summed E-state index contributed by atoms with van der Waals surface area (Å²) in [4.78, 5) is 0. The van der Waals surface area contributed by atoms with Crippen LogP contribution >= 0.6 is 0 Å². The van der Waals surface area contributed by atoms with E-state index in [-0.39, 0.29) is 0 Å². The molecule has 0 aromatic rings. The Labute approximate surface area is 62.5 Å². The lowest BCUT2D eigenvalue weighted by molar-refractivity contribution is 0.0280. The molecule has 1 atom stereocenters. The lowest BCUT2D eigenvalue weighted by atomic mass is 10.2. The minimum atomic E-state index is 0.377. The monoisotopic (exact) mass is 144 g/mol. The molecule has 2 heteroatoms. The molecule has 1 rings (SSSR count). The zero-order valence-electron chi connectivity index (χ0n) is 6.80. The molecular formula is C8H16O2. The summed E-state index contributed by atoms with van der Waals surface area (Å²) in [5, 5.41) is 0. The Hall–Kier alpha value is -0.0800. The minimum absolute atomic E-state index is 0.377. The van der Waals surface area contributed by atoms with Gasteiger partial charge in [0.25, 0.3) is 0 Å². The predicted octanol–water partition coefficient (Wildman–Crippen LogP) is 1.45. The van der Waals surface area contributed by atoms with Gasteiger partial charge < -0.3 is 9.47 Å². The second kappa shape index (κ2) is 3.94. The maximum atomic E-state index is 5.54. The largest absolute Gasteiger partial charge is 0.379 e. The molecule has 1 heterocycles. The smallest absolute Gasteiger partial charge is 0.0830 e. The van der Waals surface area contributed by atoms with Crippen LogP contribution in [0, 0.1) is 5.92 Å². The SMILES string of the molecule is CC(C)CO[C@@H]1CCOC1. The summed E-state index contributed by atoms with van der Waals surface area (Å²) in [6.07, 6.45) is 1.45. The van der Waals surface area contributed by atoms with Crippen molar-refractivity contribution in [3.05, 3.63) is 0 Å². The maximum absolute atomic E-state index is 5.54. The minimum Gasteiger partial charge on any atom is -0.379 e. The van der Waals surface area contributed by atoms with Gasteiger partial charge in [0.15, 0.2) is 0 Å². The Morgan fingerprint density at radius 3 is 2.90 bits per heavy atom. The van der Waals surface area contributed by atoms with Gasteiger partial charge in [0.1, 0.15) is 0 Å². The fourth-order valence-electron chi connectivity index (χ4n) is 0.973. The second-order valence-electron chi connectivity index (χ2n) is 3.21. The van der Waals surface area contributed by atoms with Crippen molar-refractivity contribution in [3.8, 4) is 0 Å². The van der Waals surface area contributed by atoms with E-state index >= 15 is 0 Å². The van der Waals surface area contributed by atoms with E-state index in [4.69, 9.17) is 9.47 Å². The van der Waals surface area contributed by atoms with Gasteiger partial charge in [-0.25, -0.2) is 0 Å². The lowest BCUT2D eigenvalue weighted by Crippen LogP contribution is -2.15. The number of rotatable bonds is 3. The topological polar surface area (TPSA) is 18.5 Å². The molecular weight excluding hydrogens is 128 g/mol. The molecule has 0 saturated carbocycles. The highest BCUT2D eigenvalue weighted by molar-refractivity contribution is 4.62. The van der Waals surface area contributed by atoms with Crippen LogP contribution in [0.2, 0.25) is 0 Å². The highest BCUT2D eigenvalue weighted by Gasteiger charge is 2.15. The van der Waals surface area contributed by atoms with E-state index in [2.05, 4.69) is 13.8 Å². The number of ether oxygens (including phenoxy) is 2. The Bertz CT molecular complexity index is 85.3. The van der Waals surface area contributed by atoms with E-state index in [0.717, 1.165) is 26.2 Å². The van der Waals surface area contributed by atoms with Crippen molar-refractivity contribution >= 4 is 0 Å². The highest BCUT2D eigenvalue weighted by Crippen LogP contribution is 2.09. The molecule has 0 aromatic heterocycles. The van der Waals surface area contributed by atoms with Crippen LogP contribution in [0.5, 0.6) is 0 Å². The highest BCUT2D eigenvalue weighted by atomic mass is 16.5. The van der Waals surface area contributed by atoms with Crippen LogP contribution in [0.1, 0.15) is 20.3 Å². The zero-order chi connectivity index (χ0) is 7.40. The second-order valence-corrected chi connectivity index (χ2v) is 3.21. The van der Waals surface area contributed by atoms with Gasteiger partial charge in [0.05, 0.1) is 12.7 Å². The summed E-state index contributed by atoms with van der Waals surface area (Å²) in [5.41, 5.74) is 0. The van der Waals surface area contributed by atoms with E-state index in [1.807, 2.05) is 0 Å². The molecule has 1 fully saturated rings. The molecule has 0 unspecified atom stereocenters. The average molecular weight is 144 g/mol. The summed E-state index contributed by atoms with van der Waals surface area (Å²) in [7, 11) is 0. The van der Waals surface area contributed by atoms with Crippen LogP contribution in [-0.2, 0) is 9.47 Å². The van der Waals surface area contributed by atoms with Crippen molar-refractivity contribution in [2.24, 2.45) is 5.92 Å². The van der Waals surface area contributed by atoms with Crippen LogP contribution in [0.25, 0.3) is 0 Å². The third-order valence-corrected chi connectivity index (χ3v) is 1.55. The maximum Gasteiger partial charge on any atom is 0.0830 e. The van der Waals surface area contributed by atoms with Crippen molar-refractivity contribution in [1.29, 1.82) is 0 Å². The molecule has 0 aliphatic carbocycles. The molecule has 10 heavy (non-hydrogen) atoms. The van der Waals surface area contributed by atoms with E-state index < -0.39 is 0 Å². The molecule has 2 nitrogen and oxygen atoms in total. The van der Waals surface area contributed by atoms with Crippen LogP contribution in [0.3, 0.4) is 0 Å². The van der Waals surface area contributed by atoms with Crippen molar-refractivity contribution in [2.45, 2.75) is 26.4 Å². The van der Waals surface area contributed by atoms with E-state index in [0.29, 0.717) is 12.0 Å². The van der Waals surface area contributed by atoms with E-state index in [1.54, 1.807) is 0 Å². The summed E-state index contributed by atoms with van der Waals surface area (Å²) in [6.45, 7) is 6.87. The Kier molecular flexibility index (Phi) is 3.16. The first-order valence-electron chi connectivity index (χ1n) is 3.98. The van der Waals surface area contributed by atoms with Gasteiger partial charge in [-0.3, -0.25) is 0 Å². The molecule has 1 aliphatic rings. The van der Waals surface area contributed by atoms with Crippen molar-refractivity contribution in [2.75, 3.05) is 19.8 Å². The lowest BCUT2D eigenvalue weighted by Gasteiger charge is -2.10. The van der Waals surface area contributed by atoms with Crippen LogP contribution < -0.4 is 0 Å². The Balaban J connectivity index is 2.01. The summed E-state index contributed by atoms with van der Waals surface area (Å²) >= 11 is 0. The molecule has 0 spiro atoms. The third-order valence-electron chi connectivity index (χ3n) is 1.55. The molecule has 1 aliphatic heterocycles. The molecule has 60 valence electrons. The average Bonchev–Trinajstić information content (AvgIpc) is 2.34. The molecule has 0 amide bonds. The first kappa shape index (κ1) is 8.02. The van der Waals surface area contributed by atoms with Gasteiger partial charge in [0, 0.05) is 13.2 Å². The normalized spacial score (nSPS) is 26.1. The summed E-state index contributed by atoms with van der Waals surface area (Å²) < 4.78 is 10.7. The van der Waals surface area contributed by atoms with Gasteiger partial charge in [-0.1, -0.05) is 13.8 Å². The molecule has 1 saturated heterocycles. The quantitative estimate of drug-likeness (QED) is 0.597. The van der Waals surface area contributed by atoms with Crippen LogP contribution in [0.4, 0.5) is 0 Å². The molecule has 0 N–H and O–H groups in total. The van der Waals surface area contributed by atoms with E-state index in [1.165, 1.54) is 0 Å². The number of hydrogen-bond acceptors (Lipinski definition) is 2. The van der Waals surface area contributed by atoms with Gasteiger partial charge in [-0.15, -0.1) is 0 Å². The fourth-order valence-corrected chi connectivity index (χ4v) is 0.973. The Morgan fingerprint density at radius 2 is 2.40 bits per heavy atom. The van der Waals surface area contributed by atoms with E-state index in [9.17, 15) is 0 Å². The van der Waals surface area contributed by atoms with Gasteiger partial charge in [-0.2, -0.15) is 0 Å². The van der Waals surface area contributed by atoms with Crippen LogP contribution in [-0.4, -0.2) is 25.9 Å². The molecule has 0 aromatic carbocycles. The van der Waals surface area contributed by atoms with Gasteiger partial charge in [0.2, 0.25) is 0 Å². The fraction of sp³-hybridized carbons (Fsp3) is 1.00.